The first-order valence-corrected chi connectivity index (χ1v) is 8.40. The van der Waals surface area contributed by atoms with Crippen molar-refractivity contribution in [3.63, 3.8) is 0 Å². The molecule has 0 fully saturated rings. The second-order valence-corrected chi connectivity index (χ2v) is 5.61. The number of hydrogen-bond donors (Lipinski definition) is 1. The van der Waals surface area contributed by atoms with Crippen LogP contribution in [0.2, 0.25) is 0 Å². The van der Waals surface area contributed by atoms with Gasteiger partial charge in [-0.1, -0.05) is 65.2 Å². The Balaban J connectivity index is 3.37. The van der Waals surface area contributed by atoms with Crippen LogP contribution in [-0.2, 0) is 4.79 Å². The molecule has 1 amide bonds. The summed E-state index contributed by atoms with van der Waals surface area (Å²) in [6.45, 7) is 4.24. The van der Waals surface area contributed by atoms with Crippen LogP contribution in [0.4, 0.5) is 0 Å². The SMILES string of the molecule is CCCCCCCCCCCC(=O)NC(CC)CC#N. The minimum Gasteiger partial charge on any atom is -0.352 e. The molecular formula is C17H32N2O. The normalized spacial score (nSPS) is 11.8. The third kappa shape index (κ3) is 12.0. The number of rotatable bonds is 13. The fraction of sp³-hybridized carbons (Fsp3) is 0.882. The van der Waals surface area contributed by atoms with Crippen LogP contribution in [0.1, 0.15) is 90.9 Å². The summed E-state index contributed by atoms with van der Waals surface area (Å²) in [5.41, 5.74) is 0. The van der Waals surface area contributed by atoms with E-state index in [1.807, 2.05) is 6.92 Å². The van der Waals surface area contributed by atoms with Gasteiger partial charge < -0.3 is 5.32 Å². The van der Waals surface area contributed by atoms with Gasteiger partial charge in [-0.25, -0.2) is 0 Å². The number of nitrogens with one attached hydrogen (secondary N) is 1. The third-order valence-corrected chi connectivity index (χ3v) is 3.70. The highest BCUT2D eigenvalue weighted by molar-refractivity contribution is 5.76. The summed E-state index contributed by atoms with van der Waals surface area (Å²) in [5, 5.41) is 11.6. The van der Waals surface area contributed by atoms with Crippen molar-refractivity contribution in [1.82, 2.24) is 5.32 Å². The predicted octanol–water partition coefficient (Wildman–Crippen LogP) is 4.72. The fourth-order valence-electron chi connectivity index (χ4n) is 2.30. The van der Waals surface area contributed by atoms with Crippen LogP contribution in [0.5, 0.6) is 0 Å². The standard InChI is InChI=1S/C17H32N2O/c1-3-5-6-7-8-9-10-11-12-13-17(20)19-16(4-2)14-15-18/h16H,3-14H2,1-2H3,(H,19,20). The monoisotopic (exact) mass is 280 g/mol. The van der Waals surface area contributed by atoms with E-state index in [2.05, 4.69) is 18.3 Å². The van der Waals surface area contributed by atoms with Gasteiger partial charge in [0.15, 0.2) is 0 Å². The summed E-state index contributed by atoms with van der Waals surface area (Å²) < 4.78 is 0. The maximum Gasteiger partial charge on any atom is 0.220 e. The van der Waals surface area contributed by atoms with Gasteiger partial charge in [-0.05, 0) is 12.8 Å². The van der Waals surface area contributed by atoms with E-state index < -0.39 is 0 Å². The van der Waals surface area contributed by atoms with E-state index in [4.69, 9.17) is 5.26 Å². The van der Waals surface area contributed by atoms with Crippen molar-refractivity contribution in [2.75, 3.05) is 0 Å². The van der Waals surface area contributed by atoms with Crippen molar-refractivity contribution in [3.8, 4) is 6.07 Å². The highest BCUT2D eigenvalue weighted by atomic mass is 16.1. The van der Waals surface area contributed by atoms with Crippen LogP contribution in [-0.4, -0.2) is 11.9 Å². The highest BCUT2D eigenvalue weighted by Crippen LogP contribution is 2.10. The lowest BCUT2D eigenvalue weighted by Gasteiger charge is -2.13. The zero-order chi connectivity index (χ0) is 15.1. The molecule has 0 saturated carbocycles. The number of carbonyl (C=O) groups is 1. The Hall–Kier alpha value is -1.04. The first kappa shape index (κ1) is 19.0. The number of hydrogen-bond acceptors (Lipinski definition) is 2. The summed E-state index contributed by atoms with van der Waals surface area (Å²) in [4.78, 5) is 11.7. The summed E-state index contributed by atoms with van der Waals surface area (Å²) in [7, 11) is 0. The van der Waals surface area contributed by atoms with Gasteiger partial charge in [0.1, 0.15) is 0 Å². The maximum absolute atomic E-state index is 11.7. The smallest absolute Gasteiger partial charge is 0.220 e. The lowest BCUT2D eigenvalue weighted by atomic mass is 10.1. The molecule has 0 aliphatic carbocycles. The molecule has 1 unspecified atom stereocenters. The van der Waals surface area contributed by atoms with Crippen molar-refractivity contribution >= 4 is 5.91 Å². The Kier molecular flexibility index (Phi) is 13.6. The Morgan fingerprint density at radius 1 is 1.00 bits per heavy atom. The third-order valence-electron chi connectivity index (χ3n) is 3.70. The lowest BCUT2D eigenvalue weighted by molar-refractivity contribution is -0.121. The van der Waals surface area contributed by atoms with E-state index in [0.717, 1.165) is 19.3 Å². The molecule has 0 aliphatic heterocycles. The molecule has 0 spiro atoms. The molecule has 0 aliphatic rings. The van der Waals surface area contributed by atoms with Gasteiger partial charge in [-0.2, -0.15) is 5.26 Å². The summed E-state index contributed by atoms with van der Waals surface area (Å²) in [6, 6.07) is 2.15. The Morgan fingerprint density at radius 2 is 1.55 bits per heavy atom. The number of carbonyl (C=O) groups excluding carboxylic acids is 1. The molecule has 116 valence electrons. The van der Waals surface area contributed by atoms with E-state index in [1.54, 1.807) is 0 Å². The summed E-state index contributed by atoms with van der Waals surface area (Å²) in [6.07, 6.45) is 13.3. The molecule has 0 bridgehead atoms. The molecule has 0 saturated heterocycles. The Bertz CT molecular complexity index is 271. The molecule has 1 atom stereocenters. The van der Waals surface area contributed by atoms with E-state index in [-0.39, 0.29) is 11.9 Å². The van der Waals surface area contributed by atoms with Gasteiger partial charge >= 0.3 is 0 Å². The van der Waals surface area contributed by atoms with Crippen LogP contribution in [0, 0.1) is 11.3 Å². The second-order valence-electron chi connectivity index (χ2n) is 5.61. The molecule has 0 radical (unpaired) electrons. The van der Waals surface area contributed by atoms with Gasteiger partial charge in [0, 0.05) is 12.5 Å². The van der Waals surface area contributed by atoms with Gasteiger partial charge in [0.05, 0.1) is 12.5 Å². The molecular weight excluding hydrogens is 248 g/mol. The molecule has 1 N–H and O–H groups in total. The molecule has 0 heterocycles. The van der Waals surface area contributed by atoms with Crippen LogP contribution in [0.15, 0.2) is 0 Å². The number of nitriles is 1. The minimum absolute atomic E-state index is 0.0334. The minimum atomic E-state index is 0.0334. The quantitative estimate of drug-likeness (QED) is 0.496. The molecule has 0 aromatic rings. The van der Waals surface area contributed by atoms with Crippen molar-refractivity contribution in [2.24, 2.45) is 0 Å². The van der Waals surface area contributed by atoms with E-state index in [1.165, 1.54) is 44.9 Å². The first-order chi connectivity index (χ1) is 9.74. The van der Waals surface area contributed by atoms with Crippen molar-refractivity contribution < 1.29 is 4.79 Å². The van der Waals surface area contributed by atoms with Crippen LogP contribution in [0.3, 0.4) is 0 Å². The van der Waals surface area contributed by atoms with Gasteiger partial charge in [0.25, 0.3) is 0 Å². The fourth-order valence-corrected chi connectivity index (χ4v) is 2.30. The van der Waals surface area contributed by atoms with E-state index in [0.29, 0.717) is 12.8 Å². The molecule has 0 aromatic carbocycles. The van der Waals surface area contributed by atoms with E-state index >= 15 is 0 Å². The van der Waals surface area contributed by atoms with E-state index in [9.17, 15) is 4.79 Å². The molecule has 0 aromatic heterocycles. The Morgan fingerprint density at radius 3 is 2.05 bits per heavy atom. The van der Waals surface area contributed by atoms with Crippen molar-refractivity contribution in [3.05, 3.63) is 0 Å². The highest BCUT2D eigenvalue weighted by Gasteiger charge is 2.09. The predicted molar refractivity (Wildman–Crippen MR) is 84.3 cm³/mol. The number of amides is 1. The van der Waals surface area contributed by atoms with Crippen molar-refractivity contribution in [1.29, 1.82) is 5.26 Å². The van der Waals surface area contributed by atoms with Gasteiger partial charge in [0.2, 0.25) is 5.91 Å². The van der Waals surface area contributed by atoms with Crippen molar-refractivity contribution in [2.45, 2.75) is 96.9 Å². The number of nitrogens with zero attached hydrogens (tertiary/aromatic N) is 1. The van der Waals surface area contributed by atoms with Gasteiger partial charge in [-0.3, -0.25) is 4.79 Å². The summed E-state index contributed by atoms with van der Waals surface area (Å²) >= 11 is 0. The molecule has 3 heteroatoms. The van der Waals surface area contributed by atoms with Crippen LogP contribution in [0.25, 0.3) is 0 Å². The summed E-state index contributed by atoms with van der Waals surface area (Å²) in [5.74, 6) is 0.107. The average Bonchev–Trinajstić information content (AvgIpc) is 2.45. The molecule has 0 rings (SSSR count). The van der Waals surface area contributed by atoms with Crippen LogP contribution < -0.4 is 5.32 Å². The first-order valence-electron chi connectivity index (χ1n) is 8.40. The lowest BCUT2D eigenvalue weighted by Crippen LogP contribution is -2.33. The Labute approximate surface area is 125 Å². The zero-order valence-corrected chi connectivity index (χ0v) is 13.4. The largest absolute Gasteiger partial charge is 0.352 e. The topological polar surface area (TPSA) is 52.9 Å². The number of unbranched alkanes of at least 4 members (excludes halogenated alkanes) is 8. The second kappa shape index (κ2) is 14.4. The zero-order valence-electron chi connectivity index (χ0n) is 13.4. The average molecular weight is 280 g/mol. The molecule has 20 heavy (non-hydrogen) atoms. The maximum atomic E-state index is 11.7. The van der Waals surface area contributed by atoms with Gasteiger partial charge in [-0.15, -0.1) is 0 Å². The van der Waals surface area contributed by atoms with Crippen LogP contribution >= 0.6 is 0 Å². The molecule has 3 nitrogen and oxygen atoms in total.